The summed E-state index contributed by atoms with van der Waals surface area (Å²) in [7, 11) is 3.61. The van der Waals surface area contributed by atoms with Gasteiger partial charge >= 0.3 is 0 Å². The van der Waals surface area contributed by atoms with Crippen LogP contribution in [0.5, 0.6) is 0 Å². The summed E-state index contributed by atoms with van der Waals surface area (Å²) in [6.45, 7) is 2.35. The van der Waals surface area contributed by atoms with Crippen LogP contribution in [-0.2, 0) is 18.3 Å². The van der Waals surface area contributed by atoms with Crippen LogP contribution in [0.25, 0.3) is 0 Å². The zero-order valence-electron chi connectivity index (χ0n) is 11.0. The molecule has 2 rings (SSSR count). The number of hydrogen-bond acceptors (Lipinski definition) is 6. The number of hydrogen-bond donors (Lipinski definition) is 1. The molecular weight excluding hydrogens is 262 g/mol. The molecular formula is C12H17N5OS. The molecule has 0 spiro atoms. The lowest BCUT2D eigenvalue weighted by Gasteiger charge is -2.05. The van der Waals surface area contributed by atoms with Crippen molar-refractivity contribution in [1.82, 2.24) is 25.1 Å². The minimum absolute atomic E-state index is 0.716. The van der Waals surface area contributed by atoms with Crippen LogP contribution >= 0.6 is 11.8 Å². The van der Waals surface area contributed by atoms with Crippen LogP contribution in [0.1, 0.15) is 5.56 Å². The summed E-state index contributed by atoms with van der Waals surface area (Å²) in [5.74, 6) is 0. The first-order valence-corrected chi connectivity index (χ1v) is 6.77. The molecule has 0 saturated carbocycles. The van der Waals surface area contributed by atoms with E-state index in [1.165, 1.54) is 11.8 Å². The molecule has 2 heterocycles. The zero-order valence-corrected chi connectivity index (χ0v) is 11.9. The van der Waals surface area contributed by atoms with Gasteiger partial charge < -0.3 is 14.6 Å². The van der Waals surface area contributed by atoms with Crippen molar-refractivity contribution in [3.8, 4) is 0 Å². The van der Waals surface area contributed by atoms with Gasteiger partial charge in [0.25, 0.3) is 0 Å². The van der Waals surface area contributed by atoms with Gasteiger partial charge in [0.15, 0.2) is 5.16 Å². The van der Waals surface area contributed by atoms with E-state index in [4.69, 9.17) is 4.74 Å². The number of pyridine rings is 1. The second-order valence-corrected chi connectivity index (χ2v) is 4.99. The zero-order chi connectivity index (χ0) is 13.5. The lowest BCUT2D eigenvalue weighted by atomic mass is 10.3. The third-order valence-electron chi connectivity index (χ3n) is 2.48. The molecule has 0 radical (unpaired) electrons. The largest absolute Gasteiger partial charge is 0.383 e. The molecule has 7 heteroatoms. The minimum Gasteiger partial charge on any atom is -0.383 e. The number of aromatic nitrogens is 4. The molecule has 0 aliphatic carbocycles. The highest BCUT2D eigenvalue weighted by Crippen LogP contribution is 2.22. The number of nitrogens with zero attached hydrogens (tertiary/aromatic N) is 4. The van der Waals surface area contributed by atoms with Crippen LogP contribution in [0.4, 0.5) is 0 Å². The van der Waals surface area contributed by atoms with Gasteiger partial charge in [-0.1, -0.05) is 6.07 Å². The van der Waals surface area contributed by atoms with Crippen molar-refractivity contribution in [3.05, 3.63) is 30.2 Å². The molecule has 1 N–H and O–H groups in total. The summed E-state index contributed by atoms with van der Waals surface area (Å²) in [4.78, 5) is 4.40. The number of ether oxygens (including phenoxy) is 1. The monoisotopic (exact) mass is 279 g/mol. The van der Waals surface area contributed by atoms with Gasteiger partial charge in [-0.2, -0.15) is 0 Å². The molecule has 0 aromatic carbocycles. The number of aryl methyl sites for hydroxylation is 1. The third kappa shape index (κ3) is 4.30. The molecule has 0 aliphatic heterocycles. The summed E-state index contributed by atoms with van der Waals surface area (Å²) >= 11 is 1.50. The predicted molar refractivity (Wildman–Crippen MR) is 72.9 cm³/mol. The Morgan fingerprint density at radius 1 is 1.42 bits per heavy atom. The normalized spacial score (nSPS) is 10.8. The average Bonchev–Trinajstić information content (AvgIpc) is 2.82. The molecule has 2 aromatic rings. The topological polar surface area (TPSA) is 64.9 Å². The molecule has 0 amide bonds. The van der Waals surface area contributed by atoms with Gasteiger partial charge in [0.2, 0.25) is 0 Å². The molecule has 2 aromatic heterocycles. The summed E-state index contributed by atoms with van der Waals surface area (Å²) in [6.07, 6.45) is 3.55. The molecule has 19 heavy (non-hydrogen) atoms. The van der Waals surface area contributed by atoms with Crippen LogP contribution in [-0.4, -0.2) is 40.0 Å². The van der Waals surface area contributed by atoms with E-state index in [-0.39, 0.29) is 0 Å². The Labute approximate surface area is 116 Å². The van der Waals surface area contributed by atoms with Gasteiger partial charge in [0.1, 0.15) is 11.4 Å². The van der Waals surface area contributed by atoms with E-state index >= 15 is 0 Å². The van der Waals surface area contributed by atoms with Crippen molar-refractivity contribution in [3.63, 3.8) is 0 Å². The number of rotatable bonds is 7. The molecule has 6 nitrogen and oxygen atoms in total. The van der Waals surface area contributed by atoms with E-state index in [2.05, 4.69) is 26.6 Å². The summed E-state index contributed by atoms with van der Waals surface area (Å²) in [5.41, 5.74) is 1.15. The fourth-order valence-corrected chi connectivity index (χ4v) is 2.15. The molecule has 0 bridgehead atoms. The standard InChI is InChI=1S/C12H17N5OS/c1-17-9-15-16-12(17)19-11-4-3-10(8-14-11)7-13-5-6-18-2/h3-4,8-9,13H,5-7H2,1-2H3. The second kappa shape index (κ2) is 7.22. The van der Waals surface area contributed by atoms with E-state index in [9.17, 15) is 0 Å². The van der Waals surface area contributed by atoms with Crippen molar-refractivity contribution < 1.29 is 4.74 Å². The Morgan fingerprint density at radius 2 is 2.32 bits per heavy atom. The van der Waals surface area contributed by atoms with Crippen molar-refractivity contribution in [2.75, 3.05) is 20.3 Å². The number of nitrogens with one attached hydrogen (secondary N) is 1. The van der Waals surface area contributed by atoms with Crippen LogP contribution in [0.3, 0.4) is 0 Å². The van der Waals surface area contributed by atoms with E-state index in [1.807, 2.05) is 23.9 Å². The first kappa shape index (κ1) is 14.0. The smallest absolute Gasteiger partial charge is 0.197 e. The molecule has 0 unspecified atom stereocenters. The van der Waals surface area contributed by atoms with Crippen molar-refractivity contribution in [2.45, 2.75) is 16.7 Å². The Morgan fingerprint density at radius 3 is 2.95 bits per heavy atom. The highest BCUT2D eigenvalue weighted by atomic mass is 32.2. The Bertz CT molecular complexity index is 499. The van der Waals surface area contributed by atoms with Crippen molar-refractivity contribution >= 4 is 11.8 Å². The molecule has 102 valence electrons. The van der Waals surface area contributed by atoms with Crippen molar-refractivity contribution in [1.29, 1.82) is 0 Å². The van der Waals surface area contributed by atoms with Crippen molar-refractivity contribution in [2.24, 2.45) is 7.05 Å². The molecule has 0 fully saturated rings. The first-order chi connectivity index (χ1) is 9.29. The maximum Gasteiger partial charge on any atom is 0.197 e. The van der Waals surface area contributed by atoms with Gasteiger partial charge in [-0.05, 0) is 23.4 Å². The SMILES string of the molecule is COCCNCc1ccc(Sc2nncn2C)nc1. The highest BCUT2D eigenvalue weighted by Gasteiger charge is 2.04. The van der Waals surface area contributed by atoms with E-state index in [0.29, 0.717) is 6.61 Å². The first-order valence-electron chi connectivity index (χ1n) is 5.96. The summed E-state index contributed by atoms with van der Waals surface area (Å²) in [5, 5.41) is 12.9. The third-order valence-corrected chi connectivity index (χ3v) is 3.48. The van der Waals surface area contributed by atoms with Gasteiger partial charge in [0.05, 0.1) is 6.61 Å². The van der Waals surface area contributed by atoms with Crippen LogP contribution in [0, 0.1) is 0 Å². The van der Waals surface area contributed by atoms with Gasteiger partial charge in [-0.15, -0.1) is 10.2 Å². The second-order valence-electron chi connectivity index (χ2n) is 4.00. The molecule has 0 atom stereocenters. The molecule has 0 aliphatic rings. The van der Waals surface area contributed by atoms with Crippen LogP contribution in [0.15, 0.2) is 34.8 Å². The predicted octanol–water partition coefficient (Wildman–Crippen LogP) is 1.10. The van der Waals surface area contributed by atoms with Crippen LogP contribution < -0.4 is 5.32 Å². The maximum atomic E-state index is 4.97. The fraction of sp³-hybridized carbons (Fsp3) is 0.417. The van der Waals surface area contributed by atoms with E-state index in [0.717, 1.165) is 28.8 Å². The van der Waals surface area contributed by atoms with Crippen LogP contribution in [0.2, 0.25) is 0 Å². The fourth-order valence-electron chi connectivity index (χ4n) is 1.44. The van der Waals surface area contributed by atoms with Gasteiger partial charge in [-0.25, -0.2) is 4.98 Å². The van der Waals surface area contributed by atoms with E-state index in [1.54, 1.807) is 13.4 Å². The van der Waals surface area contributed by atoms with Gasteiger partial charge in [0, 0.05) is 33.4 Å². The highest BCUT2D eigenvalue weighted by molar-refractivity contribution is 7.99. The quantitative estimate of drug-likeness (QED) is 0.766. The lowest BCUT2D eigenvalue weighted by Crippen LogP contribution is -2.18. The Hall–Kier alpha value is -1.44. The number of methoxy groups -OCH3 is 1. The minimum atomic E-state index is 0.716. The summed E-state index contributed by atoms with van der Waals surface area (Å²) < 4.78 is 6.84. The Kier molecular flexibility index (Phi) is 5.31. The molecule has 0 saturated heterocycles. The lowest BCUT2D eigenvalue weighted by molar-refractivity contribution is 0.199. The summed E-state index contributed by atoms with van der Waals surface area (Å²) in [6, 6.07) is 4.05. The van der Waals surface area contributed by atoms with Gasteiger partial charge in [-0.3, -0.25) is 0 Å². The maximum absolute atomic E-state index is 4.97. The average molecular weight is 279 g/mol. The Balaban J connectivity index is 1.86. The van der Waals surface area contributed by atoms with E-state index < -0.39 is 0 Å².